The summed E-state index contributed by atoms with van der Waals surface area (Å²) in [4.78, 5) is 0. The number of aliphatic hydroxyl groups excluding tert-OH is 1. The number of rotatable bonds is 5. The van der Waals surface area contributed by atoms with E-state index < -0.39 is 0 Å². The van der Waals surface area contributed by atoms with Gasteiger partial charge in [-0.1, -0.05) is 30.3 Å². The van der Waals surface area contributed by atoms with Crippen molar-refractivity contribution in [2.75, 3.05) is 20.8 Å². The topological polar surface area (TPSA) is 58.9 Å². The van der Waals surface area contributed by atoms with Crippen molar-refractivity contribution in [1.82, 2.24) is 0 Å². The Labute approximate surface area is 118 Å². The Morgan fingerprint density at radius 3 is 2.30 bits per heavy atom. The first kappa shape index (κ1) is 14.2. The van der Waals surface area contributed by atoms with Crippen LogP contribution in [0.15, 0.2) is 42.5 Å². The fraction of sp³-hybridized carbons (Fsp3) is 0.250. The van der Waals surface area contributed by atoms with Gasteiger partial charge in [-0.05, 0) is 5.56 Å². The molecular weight excluding hydrogens is 256 g/mol. The maximum absolute atomic E-state index is 10.2. The van der Waals surface area contributed by atoms with Gasteiger partial charge in [-0.25, -0.2) is 0 Å². The van der Waals surface area contributed by atoms with Crippen LogP contribution in [0, 0.1) is 0 Å². The van der Waals surface area contributed by atoms with E-state index >= 15 is 0 Å². The van der Waals surface area contributed by atoms with Crippen LogP contribution >= 0.6 is 0 Å². The number of phenols is 1. The van der Waals surface area contributed by atoms with Crippen LogP contribution in [-0.2, 0) is 0 Å². The average Bonchev–Trinajstić information content (AvgIpc) is 2.50. The van der Waals surface area contributed by atoms with E-state index in [4.69, 9.17) is 9.47 Å². The Balaban J connectivity index is 2.54. The monoisotopic (exact) mass is 274 g/mol. The van der Waals surface area contributed by atoms with E-state index in [2.05, 4.69) is 0 Å². The van der Waals surface area contributed by atoms with Gasteiger partial charge in [0.25, 0.3) is 0 Å². The zero-order chi connectivity index (χ0) is 14.5. The molecule has 0 saturated carbocycles. The van der Waals surface area contributed by atoms with Gasteiger partial charge < -0.3 is 19.7 Å². The molecule has 20 heavy (non-hydrogen) atoms. The third-order valence-corrected chi connectivity index (χ3v) is 3.28. The highest BCUT2D eigenvalue weighted by Crippen LogP contribution is 2.40. The lowest BCUT2D eigenvalue weighted by molar-refractivity contribution is 0.273. The Kier molecular flexibility index (Phi) is 4.48. The molecule has 4 heteroatoms. The quantitative estimate of drug-likeness (QED) is 0.879. The summed E-state index contributed by atoms with van der Waals surface area (Å²) in [6.45, 7) is -0.125. The molecule has 0 bridgehead atoms. The first-order chi connectivity index (χ1) is 9.71. The van der Waals surface area contributed by atoms with Gasteiger partial charge in [0.15, 0.2) is 0 Å². The van der Waals surface area contributed by atoms with E-state index in [1.165, 1.54) is 20.3 Å². The molecule has 2 aromatic carbocycles. The molecule has 0 heterocycles. The van der Waals surface area contributed by atoms with Crippen molar-refractivity contribution >= 4 is 0 Å². The van der Waals surface area contributed by atoms with Crippen molar-refractivity contribution in [2.24, 2.45) is 0 Å². The summed E-state index contributed by atoms with van der Waals surface area (Å²) in [6, 6.07) is 12.7. The lowest BCUT2D eigenvalue weighted by Gasteiger charge is -2.20. The summed E-state index contributed by atoms with van der Waals surface area (Å²) in [5, 5.41) is 19.9. The average molecular weight is 274 g/mol. The summed E-state index contributed by atoms with van der Waals surface area (Å²) < 4.78 is 10.4. The highest BCUT2D eigenvalue weighted by Gasteiger charge is 2.22. The molecular formula is C16H18O4. The Bertz CT molecular complexity index is 566. The lowest BCUT2D eigenvalue weighted by atomic mass is 9.90. The van der Waals surface area contributed by atoms with E-state index in [9.17, 15) is 10.2 Å². The molecule has 106 valence electrons. The SMILES string of the molecule is COc1cc(O)c([C@H](CO)c2ccccc2)c(OC)c1. The first-order valence-electron chi connectivity index (χ1n) is 6.32. The second kappa shape index (κ2) is 6.30. The summed E-state index contributed by atoms with van der Waals surface area (Å²) in [5.41, 5.74) is 1.47. The molecule has 0 radical (unpaired) electrons. The molecule has 4 nitrogen and oxygen atoms in total. The van der Waals surface area contributed by atoms with Gasteiger partial charge in [0.2, 0.25) is 0 Å². The normalized spacial score (nSPS) is 11.9. The van der Waals surface area contributed by atoms with Crippen molar-refractivity contribution in [3.05, 3.63) is 53.6 Å². The van der Waals surface area contributed by atoms with Crippen molar-refractivity contribution in [3.63, 3.8) is 0 Å². The standard InChI is InChI=1S/C16H18O4/c1-19-12-8-14(18)16(15(9-12)20-2)13(10-17)11-6-4-3-5-7-11/h3-9,13,17-18H,10H2,1-2H3/t13-/m1/s1. The van der Waals surface area contributed by atoms with Gasteiger partial charge in [0.05, 0.1) is 20.8 Å². The molecule has 0 aliphatic heterocycles. The summed E-state index contributed by atoms with van der Waals surface area (Å²) in [7, 11) is 3.05. The third kappa shape index (κ3) is 2.70. The molecule has 1 atom stereocenters. The molecule has 0 saturated heterocycles. The van der Waals surface area contributed by atoms with Gasteiger partial charge in [0.1, 0.15) is 17.2 Å². The van der Waals surface area contributed by atoms with E-state index in [1.807, 2.05) is 30.3 Å². The molecule has 0 aromatic heterocycles. The summed E-state index contributed by atoms with van der Waals surface area (Å²) in [5.74, 6) is 0.693. The number of hydrogen-bond donors (Lipinski definition) is 2. The fourth-order valence-electron chi connectivity index (χ4n) is 2.27. The van der Waals surface area contributed by atoms with Crippen molar-refractivity contribution in [2.45, 2.75) is 5.92 Å². The number of aliphatic hydroxyl groups is 1. The first-order valence-corrected chi connectivity index (χ1v) is 6.32. The Morgan fingerprint density at radius 1 is 1.05 bits per heavy atom. The van der Waals surface area contributed by atoms with Gasteiger partial charge in [-0.2, -0.15) is 0 Å². The van der Waals surface area contributed by atoms with Crippen molar-refractivity contribution in [1.29, 1.82) is 0 Å². The third-order valence-electron chi connectivity index (χ3n) is 3.28. The number of hydrogen-bond acceptors (Lipinski definition) is 4. The lowest BCUT2D eigenvalue weighted by Crippen LogP contribution is -2.08. The maximum atomic E-state index is 10.2. The number of phenolic OH excluding ortho intramolecular Hbond substituents is 1. The number of methoxy groups -OCH3 is 2. The molecule has 0 aliphatic rings. The molecule has 2 aromatic rings. The second-order valence-electron chi connectivity index (χ2n) is 4.41. The van der Waals surface area contributed by atoms with Crippen LogP contribution in [0.25, 0.3) is 0 Å². The predicted octanol–water partition coefficient (Wildman–Crippen LogP) is 2.53. The minimum absolute atomic E-state index is 0.0455. The number of benzene rings is 2. The molecule has 0 fully saturated rings. The number of aromatic hydroxyl groups is 1. The van der Waals surface area contributed by atoms with Gasteiger partial charge in [0, 0.05) is 23.6 Å². The van der Waals surface area contributed by atoms with Crippen LogP contribution in [0.3, 0.4) is 0 Å². The summed E-state index contributed by atoms with van der Waals surface area (Å²) in [6.07, 6.45) is 0. The van der Waals surface area contributed by atoms with Crippen LogP contribution < -0.4 is 9.47 Å². The van der Waals surface area contributed by atoms with E-state index in [-0.39, 0.29) is 18.3 Å². The summed E-state index contributed by atoms with van der Waals surface area (Å²) >= 11 is 0. The van der Waals surface area contributed by atoms with E-state index in [0.29, 0.717) is 17.1 Å². The van der Waals surface area contributed by atoms with Gasteiger partial charge in [-0.3, -0.25) is 0 Å². The van der Waals surface area contributed by atoms with E-state index in [0.717, 1.165) is 5.56 Å². The zero-order valence-corrected chi connectivity index (χ0v) is 11.5. The van der Waals surface area contributed by atoms with Crippen molar-refractivity contribution in [3.8, 4) is 17.2 Å². The smallest absolute Gasteiger partial charge is 0.130 e. The molecule has 2 N–H and O–H groups in total. The van der Waals surface area contributed by atoms with Crippen molar-refractivity contribution < 1.29 is 19.7 Å². The molecule has 0 aliphatic carbocycles. The van der Waals surface area contributed by atoms with Crippen LogP contribution in [0.2, 0.25) is 0 Å². The maximum Gasteiger partial charge on any atom is 0.130 e. The minimum atomic E-state index is -0.350. The van der Waals surface area contributed by atoms with Gasteiger partial charge >= 0.3 is 0 Å². The van der Waals surface area contributed by atoms with Crippen LogP contribution in [0.4, 0.5) is 0 Å². The van der Waals surface area contributed by atoms with Crippen LogP contribution in [0.5, 0.6) is 17.2 Å². The second-order valence-corrected chi connectivity index (χ2v) is 4.41. The van der Waals surface area contributed by atoms with E-state index in [1.54, 1.807) is 6.07 Å². The molecule has 0 spiro atoms. The predicted molar refractivity (Wildman–Crippen MR) is 76.6 cm³/mol. The largest absolute Gasteiger partial charge is 0.507 e. The Hall–Kier alpha value is -2.20. The molecule has 0 unspecified atom stereocenters. The van der Waals surface area contributed by atoms with Crippen LogP contribution in [-0.4, -0.2) is 31.0 Å². The number of ether oxygens (including phenoxy) is 2. The van der Waals surface area contributed by atoms with Crippen LogP contribution in [0.1, 0.15) is 17.0 Å². The molecule has 0 amide bonds. The fourth-order valence-corrected chi connectivity index (χ4v) is 2.27. The van der Waals surface area contributed by atoms with Gasteiger partial charge in [-0.15, -0.1) is 0 Å². The minimum Gasteiger partial charge on any atom is -0.507 e. The Morgan fingerprint density at radius 2 is 1.75 bits per heavy atom. The zero-order valence-electron chi connectivity index (χ0n) is 11.5. The highest BCUT2D eigenvalue weighted by molar-refractivity contribution is 5.54. The highest BCUT2D eigenvalue weighted by atomic mass is 16.5. The molecule has 2 rings (SSSR count).